The first-order chi connectivity index (χ1) is 14.8. The SMILES string of the molecule is O=C(NCCC1=CCCCC1)c1ccc(Nc2cc(-c3ccccc3)ncn2)cc1. The van der Waals surface area contributed by atoms with Crippen molar-refractivity contribution >= 4 is 17.4 Å². The first kappa shape index (κ1) is 19.8. The zero-order valence-electron chi connectivity index (χ0n) is 17.0. The summed E-state index contributed by atoms with van der Waals surface area (Å²) in [5.74, 6) is 0.674. The number of carbonyl (C=O) groups excluding carboxylic acids is 1. The average Bonchev–Trinajstić information content (AvgIpc) is 2.81. The molecule has 2 aromatic carbocycles. The van der Waals surface area contributed by atoms with Gasteiger partial charge in [0.05, 0.1) is 5.69 Å². The van der Waals surface area contributed by atoms with Crippen molar-refractivity contribution in [1.82, 2.24) is 15.3 Å². The Labute approximate surface area is 177 Å². The summed E-state index contributed by atoms with van der Waals surface area (Å²) in [6, 6.07) is 19.3. The summed E-state index contributed by atoms with van der Waals surface area (Å²) >= 11 is 0. The maximum Gasteiger partial charge on any atom is 0.251 e. The molecule has 152 valence electrons. The number of hydrogen-bond acceptors (Lipinski definition) is 4. The number of rotatable bonds is 7. The van der Waals surface area contributed by atoms with E-state index in [4.69, 9.17) is 0 Å². The zero-order chi connectivity index (χ0) is 20.6. The van der Waals surface area contributed by atoms with Crippen LogP contribution < -0.4 is 10.6 Å². The van der Waals surface area contributed by atoms with Crippen LogP contribution in [0.25, 0.3) is 11.3 Å². The van der Waals surface area contributed by atoms with Crippen LogP contribution in [0.1, 0.15) is 42.5 Å². The minimum absolute atomic E-state index is 0.0358. The third-order valence-corrected chi connectivity index (χ3v) is 5.27. The first-order valence-electron chi connectivity index (χ1n) is 10.5. The Bertz CT molecular complexity index is 1010. The molecule has 2 N–H and O–H groups in total. The number of aromatic nitrogens is 2. The molecule has 0 bridgehead atoms. The van der Waals surface area contributed by atoms with Crippen molar-refractivity contribution in [3.63, 3.8) is 0 Å². The van der Waals surface area contributed by atoms with Crippen LogP contribution >= 0.6 is 0 Å². The van der Waals surface area contributed by atoms with Gasteiger partial charge in [-0.2, -0.15) is 0 Å². The summed E-state index contributed by atoms with van der Waals surface area (Å²) in [7, 11) is 0. The van der Waals surface area contributed by atoms with Gasteiger partial charge in [-0.05, 0) is 56.4 Å². The molecule has 30 heavy (non-hydrogen) atoms. The lowest BCUT2D eigenvalue weighted by atomic mass is 9.97. The molecule has 1 aromatic heterocycles. The number of nitrogens with one attached hydrogen (secondary N) is 2. The van der Waals surface area contributed by atoms with E-state index in [1.54, 1.807) is 6.33 Å². The molecule has 1 amide bonds. The van der Waals surface area contributed by atoms with E-state index >= 15 is 0 Å². The Hall–Kier alpha value is -3.47. The molecule has 5 nitrogen and oxygen atoms in total. The van der Waals surface area contributed by atoms with Gasteiger partial charge in [-0.3, -0.25) is 4.79 Å². The standard InChI is InChI=1S/C25H26N4O/c30-25(26-16-15-19-7-3-1-4-8-19)21-11-13-22(14-12-21)29-24-17-23(27-18-28-24)20-9-5-2-6-10-20/h2,5-7,9-14,17-18H,1,3-4,8,15-16H2,(H,26,30)(H,27,28,29). The van der Waals surface area contributed by atoms with Gasteiger partial charge in [0.2, 0.25) is 0 Å². The highest BCUT2D eigenvalue weighted by Crippen LogP contribution is 2.21. The van der Waals surface area contributed by atoms with Gasteiger partial charge < -0.3 is 10.6 Å². The maximum absolute atomic E-state index is 12.4. The molecule has 3 aromatic rings. The normalized spacial score (nSPS) is 13.4. The third kappa shape index (κ3) is 5.32. The second-order valence-electron chi connectivity index (χ2n) is 7.47. The van der Waals surface area contributed by atoms with Crippen LogP contribution in [-0.2, 0) is 0 Å². The summed E-state index contributed by atoms with van der Waals surface area (Å²) in [6.45, 7) is 0.688. The van der Waals surface area contributed by atoms with E-state index in [1.807, 2.05) is 60.7 Å². The number of carbonyl (C=O) groups is 1. The van der Waals surface area contributed by atoms with Crippen LogP contribution in [0.4, 0.5) is 11.5 Å². The van der Waals surface area contributed by atoms with Crippen molar-refractivity contribution in [2.45, 2.75) is 32.1 Å². The molecule has 1 heterocycles. The lowest BCUT2D eigenvalue weighted by Gasteiger charge is -2.13. The zero-order valence-corrected chi connectivity index (χ0v) is 17.0. The van der Waals surface area contributed by atoms with Gasteiger partial charge in [0, 0.05) is 29.4 Å². The van der Waals surface area contributed by atoms with Gasteiger partial charge in [0.25, 0.3) is 5.91 Å². The molecule has 0 saturated carbocycles. The van der Waals surface area contributed by atoms with Gasteiger partial charge in [-0.1, -0.05) is 42.0 Å². The minimum atomic E-state index is -0.0358. The van der Waals surface area contributed by atoms with Crippen molar-refractivity contribution < 1.29 is 4.79 Å². The minimum Gasteiger partial charge on any atom is -0.352 e. The van der Waals surface area contributed by atoms with E-state index in [0.29, 0.717) is 17.9 Å². The number of hydrogen-bond donors (Lipinski definition) is 2. The Morgan fingerprint density at radius 2 is 1.80 bits per heavy atom. The molecule has 1 aliphatic rings. The molecule has 1 aliphatic carbocycles. The summed E-state index contributed by atoms with van der Waals surface area (Å²) in [4.78, 5) is 21.0. The van der Waals surface area contributed by atoms with Crippen LogP contribution in [0, 0.1) is 0 Å². The van der Waals surface area contributed by atoms with E-state index in [-0.39, 0.29) is 5.91 Å². The molecule has 0 saturated heterocycles. The summed E-state index contributed by atoms with van der Waals surface area (Å²) < 4.78 is 0. The molecule has 0 spiro atoms. The van der Waals surface area contributed by atoms with Gasteiger partial charge in [0.15, 0.2) is 0 Å². The van der Waals surface area contributed by atoms with Crippen molar-refractivity contribution in [1.29, 1.82) is 0 Å². The highest BCUT2D eigenvalue weighted by atomic mass is 16.1. The number of benzene rings is 2. The van der Waals surface area contributed by atoms with Gasteiger partial charge in [-0.25, -0.2) is 9.97 Å². The first-order valence-corrected chi connectivity index (χ1v) is 10.5. The van der Waals surface area contributed by atoms with Gasteiger partial charge in [0.1, 0.15) is 12.1 Å². The molecule has 0 atom stereocenters. The third-order valence-electron chi connectivity index (χ3n) is 5.27. The smallest absolute Gasteiger partial charge is 0.251 e. The van der Waals surface area contributed by atoms with E-state index in [9.17, 15) is 4.79 Å². The highest BCUT2D eigenvalue weighted by molar-refractivity contribution is 5.94. The van der Waals surface area contributed by atoms with E-state index < -0.39 is 0 Å². The van der Waals surface area contributed by atoms with Gasteiger partial charge in [-0.15, -0.1) is 0 Å². The molecular formula is C25H26N4O. The molecule has 0 aliphatic heterocycles. The summed E-state index contributed by atoms with van der Waals surface area (Å²) in [5, 5.41) is 6.30. The van der Waals surface area contributed by atoms with Crippen LogP contribution in [0.3, 0.4) is 0 Å². The number of amides is 1. The van der Waals surface area contributed by atoms with E-state index in [1.165, 1.54) is 31.3 Å². The largest absolute Gasteiger partial charge is 0.352 e. The van der Waals surface area contributed by atoms with Crippen LogP contribution in [0.5, 0.6) is 0 Å². The summed E-state index contributed by atoms with van der Waals surface area (Å²) in [6.07, 6.45) is 9.73. The summed E-state index contributed by atoms with van der Waals surface area (Å²) in [5.41, 5.74) is 4.90. The van der Waals surface area contributed by atoms with Crippen molar-refractivity contribution in [3.8, 4) is 11.3 Å². The predicted octanol–water partition coefficient (Wildman–Crippen LogP) is 5.51. The molecule has 4 rings (SSSR count). The Morgan fingerprint density at radius 3 is 2.57 bits per heavy atom. The average molecular weight is 399 g/mol. The van der Waals surface area contributed by atoms with Crippen molar-refractivity contribution in [2.75, 3.05) is 11.9 Å². The molecule has 0 fully saturated rings. The van der Waals surface area contributed by atoms with Crippen LogP contribution in [-0.4, -0.2) is 22.4 Å². The van der Waals surface area contributed by atoms with Crippen LogP contribution in [0.15, 0.2) is 78.6 Å². The maximum atomic E-state index is 12.4. The predicted molar refractivity (Wildman–Crippen MR) is 121 cm³/mol. The topological polar surface area (TPSA) is 66.9 Å². The highest BCUT2D eigenvalue weighted by Gasteiger charge is 2.08. The monoisotopic (exact) mass is 398 g/mol. The molecule has 5 heteroatoms. The number of nitrogens with zero attached hydrogens (tertiary/aromatic N) is 2. The van der Waals surface area contributed by atoms with Gasteiger partial charge >= 0.3 is 0 Å². The molecular weight excluding hydrogens is 372 g/mol. The van der Waals surface area contributed by atoms with Crippen molar-refractivity contribution in [3.05, 3.63) is 84.2 Å². The Balaban J connectivity index is 1.33. The Kier molecular flexibility index (Phi) is 6.50. The second-order valence-corrected chi connectivity index (χ2v) is 7.47. The molecule has 0 unspecified atom stereocenters. The fourth-order valence-corrected chi connectivity index (χ4v) is 3.62. The lowest BCUT2D eigenvalue weighted by molar-refractivity contribution is 0.0954. The molecule has 0 radical (unpaired) electrons. The van der Waals surface area contributed by atoms with E-state index in [2.05, 4.69) is 26.7 Å². The lowest BCUT2D eigenvalue weighted by Crippen LogP contribution is -2.24. The number of allylic oxidation sites excluding steroid dienone is 1. The fraction of sp³-hybridized carbons (Fsp3) is 0.240. The van der Waals surface area contributed by atoms with E-state index in [0.717, 1.165) is 23.4 Å². The quantitative estimate of drug-likeness (QED) is 0.515. The fourth-order valence-electron chi connectivity index (χ4n) is 3.62. The van der Waals surface area contributed by atoms with Crippen LogP contribution in [0.2, 0.25) is 0 Å². The second kappa shape index (κ2) is 9.83. The number of anilines is 2. The van der Waals surface area contributed by atoms with Crippen molar-refractivity contribution in [2.24, 2.45) is 0 Å². The Morgan fingerprint density at radius 1 is 0.967 bits per heavy atom.